The van der Waals surface area contributed by atoms with Gasteiger partial charge in [-0.25, -0.2) is 0 Å². The number of alkyl halides is 1. The molecule has 0 aliphatic carbocycles. The minimum absolute atomic E-state index is 0.416. The Morgan fingerprint density at radius 1 is 1.33 bits per heavy atom. The lowest BCUT2D eigenvalue weighted by molar-refractivity contribution is 0.120. The Labute approximate surface area is 119 Å². The number of rotatable bonds is 5. The zero-order valence-corrected chi connectivity index (χ0v) is 12.9. The van der Waals surface area contributed by atoms with Gasteiger partial charge < -0.3 is 4.74 Å². The third-order valence-corrected chi connectivity index (χ3v) is 5.04. The van der Waals surface area contributed by atoms with Crippen LogP contribution in [0.4, 0.5) is 0 Å². The standard InChI is InChI=1S/C16H23BrO/c1-3-4-5-13-6-8-14(9-7-13)16(17)15-10-12(2)18-11-15/h6-9,12,15-16H,3-5,10-11H2,1-2H3. The van der Waals surface area contributed by atoms with Gasteiger partial charge in [0.15, 0.2) is 0 Å². The molecule has 1 fully saturated rings. The smallest absolute Gasteiger partial charge is 0.0551 e. The molecule has 18 heavy (non-hydrogen) atoms. The second kappa shape index (κ2) is 6.72. The molecule has 0 aromatic heterocycles. The SMILES string of the molecule is CCCCc1ccc(C(Br)C2COC(C)C2)cc1. The summed E-state index contributed by atoms with van der Waals surface area (Å²) in [6, 6.07) is 9.10. The average Bonchev–Trinajstić information content (AvgIpc) is 2.83. The van der Waals surface area contributed by atoms with Crippen LogP contribution in [0.2, 0.25) is 0 Å². The lowest BCUT2D eigenvalue weighted by Gasteiger charge is -2.16. The number of benzene rings is 1. The highest BCUT2D eigenvalue weighted by Crippen LogP contribution is 2.37. The fourth-order valence-corrected chi connectivity index (χ4v) is 3.25. The van der Waals surface area contributed by atoms with Gasteiger partial charge in [-0.2, -0.15) is 0 Å². The zero-order chi connectivity index (χ0) is 13.0. The minimum Gasteiger partial charge on any atom is -0.378 e. The van der Waals surface area contributed by atoms with E-state index >= 15 is 0 Å². The average molecular weight is 311 g/mol. The van der Waals surface area contributed by atoms with E-state index in [0.29, 0.717) is 16.8 Å². The van der Waals surface area contributed by atoms with E-state index in [-0.39, 0.29) is 0 Å². The third-order valence-electron chi connectivity index (χ3n) is 3.76. The summed E-state index contributed by atoms with van der Waals surface area (Å²) in [6.07, 6.45) is 5.32. The van der Waals surface area contributed by atoms with E-state index in [9.17, 15) is 0 Å². The van der Waals surface area contributed by atoms with Crippen LogP contribution in [0.5, 0.6) is 0 Å². The van der Waals surface area contributed by atoms with Crippen LogP contribution in [0.3, 0.4) is 0 Å². The van der Waals surface area contributed by atoms with E-state index in [4.69, 9.17) is 4.74 Å². The molecule has 0 bridgehead atoms. The van der Waals surface area contributed by atoms with E-state index in [1.807, 2.05) is 0 Å². The predicted molar refractivity (Wildman–Crippen MR) is 80.2 cm³/mol. The maximum atomic E-state index is 5.65. The van der Waals surface area contributed by atoms with Crippen molar-refractivity contribution in [2.75, 3.05) is 6.61 Å². The first kappa shape index (κ1) is 14.1. The fourth-order valence-electron chi connectivity index (χ4n) is 2.58. The largest absolute Gasteiger partial charge is 0.378 e. The van der Waals surface area contributed by atoms with Gasteiger partial charge in [0.05, 0.1) is 12.7 Å². The molecule has 0 amide bonds. The quantitative estimate of drug-likeness (QED) is 0.704. The molecule has 1 aromatic rings. The Bertz CT molecular complexity index is 360. The molecule has 1 aromatic carbocycles. The summed E-state index contributed by atoms with van der Waals surface area (Å²) in [5, 5.41) is 0. The number of unbranched alkanes of at least 4 members (excludes halogenated alkanes) is 1. The molecule has 2 heteroatoms. The van der Waals surface area contributed by atoms with E-state index in [0.717, 1.165) is 13.0 Å². The number of hydrogen-bond donors (Lipinski definition) is 0. The van der Waals surface area contributed by atoms with Crippen LogP contribution < -0.4 is 0 Å². The van der Waals surface area contributed by atoms with Gasteiger partial charge in [-0.1, -0.05) is 53.5 Å². The van der Waals surface area contributed by atoms with Crippen LogP contribution in [0.1, 0.15) is 49.1 Å². The van der Waals surface area contributed by atoms with Gasteiger partial charge in [-0.3, -0.25) is 0 Å². The molecule has 1 nitrogen and oxygen atoms in total. The van der Waals surface area contributed by atoms with Crippen molar-refractivity contribution in [3.63, 3.8) is 0 Å². The van der Waals surface area contributed by atoms with Crippen molar-refractivity contribution < 1.29 is 4.74 Å². The van der Waals surface area contributed by atoms with Crippen LogP contribution in [-0.2, 0) is 11.2 Å². The Hall–Kier alpha value is -0.340. The van der Waals surface area contributed by atoms with Gasteiger partial charge >= 0.3 is 0 Å². The monoisotopic (exact) mass is 310 g/mol. The Morgan fingerprint density at radius 2 is 2.06 bits per heavy atom. The van der Waals surface area contributed by atoms with Gasteiger partial charge in [0.2, 0.25) is 0 Å². The van der Waals surface area contributed by atoms with Gasteiger partial charge in [-0.05, 0) is 37.3 Å². The summed E-state index contributed by atoms with van der Waals surface area (Å²) in [6.45, 7) is 5.28. The molecule has 100 valence electrons. The van der Waals surface area contributed by atoms with Crippen molar-refractivity contribution in [2.45, 2.75) is 50.5 Å². The second-order valence-electron chi connectivity index (χ2n) is 5.39. The van der Waals surface area contributed by atoms with Crippen LogP contribution in [0.15, 0.2) is 24.3 Å². The Kier molecular flexibility index (Phi) is 5.25. The molecule has 0 radical (unpaired) electrons. The predicted octanol–water partition coefficient (Wildman–Crippen LogP) is 4.89. The van der Waals surface area contributed by atoms with Crippen LogP contribution in [-0.4, -0.2) is 12.7 Å². The first-order valence-electron chi connectivity index (χ1n) is 7.05. The Morgan fingerprint density at radius 3 is 2.61 bits per heavy atom. The summed E-state index contributed by atoms with van der Waals surface area (Å²) in [5.74, 6) is 0.612. The lowest BCUT2D eigenvalue weighted by atomic mass is 9.95. The summed E-state index contributed by atoms with van der Waals surface area (Å²) < 4.78 is 5.65. The molecular formula is C16H23BrO. The van der Waals surface area contributed by atoms with Gasteiger partial charge in [-0.15, -0.1) is 0 Å². The van der Waals surface area contributed by atoms with E-state index in [1.54, 1.807) is 0 Å². The van der Waals surface area contributed by atoms with Crippen molar-refractivity contribution in [1.82, 2.24) is 0 Å². The molecule has 1 aliphatic rings. The van der Waals surface area contributed by atoms with Gasteiger partial charge in [0.1, 0.15) is 0 Å². The van der Waals surface area contributed by atoms with Crippen LogP contribution in [0.25, 0.3) is 0 Å². The molecule has 0 saturated carbocycles. The molecule has 2 rings (SSSR count). The first-order valence-corrected chi connectivity index (χ1v) is 7.96. The maximum absolute atomic E-state index is 5.65. The zero-order valence-electron chi connectivity index (χ0n) is 11.4. The molecule has 1 aliphatic heterocycles. The maximum Gasteiger partial charge on any atom is 0.0551 e. The summed E-state index contributed by atoms with van der Waals surface area (Å²) in [5.41, 5.74) is 2.84. The number of ether oxygens (including phenoxy) is 1. The Balaban J connectivity index is 1.96. The van der Waals surface area contributed by atoms with E-state index in [1.165, 1.54) is 30.4 Å². The second-order valence-corrected chi connectivity index (χ2v) is 6.37. The summed E-state index contributed by atoms with van der Waals surface area (Å²) >= 11 is 3.84. The highest BCUT2D eigenvalue weighted by atomic mass is 79.9. The molecule has 1 saturated heterocycles. The van der Waals surface area contributed by atoms with Crippen molar-refractivity contribution in [3.8, 4) is 0 Å². The molecule has 0 N–H and O–H groups in total. The van der Waals surface area contributed by atoms with Crippen molar-refractivity contribution in [3.05, 3.63) is 35.4 Å². The molecule has 1 heterocycles. The van der Waals surface area contributed by atoms with Crippen LogP contribution in [0, 0.1) is 5.92 Å². The van der Waals surface area contributed by atoms with Gasteiger partial charge in [0.25, 0.3) is 0 Å². The lowest BCUT2D eigenvalue weighted by Crippen LogP contribution is -2.07. The summed E-state index contributed by atoms with van der Waals surface area (Å²) in [7, 11) is 0. The minimum atomic E-state index is 0.416. The summed E-state index contributed by atoms with van der Waals surface area (Å²) in [4.78, 5) is 0.433. The highest BCUT2D eigenvalue weighted by molar-refractivity contribution is 9.09. The fraction of sp³-hybridized carbons (Fsp3) is 0.625. The molecule has 3 unspecified atom stereocenters. The van der Waals surface area contributed by atoms with Crippen LogP contribution >= 0.6 is 15.9 Å². The van der Waals surface area contributed by atoms with Crippen molar-refractivity contribution in [2.24, 2.45) is 5.92 Å². The topological polar surface area (TPSA) is 9.23 Å². The molecule has 0 spiro atoms. The third kappa shape index (κ3) is 3.58. The highest BCUT2D eigenvalue weighted by Gasteiger charge is 2.28. The van der Waals surface area contributed by atoms with Crippen molar-refractivity contribution in [1.29, 1.82) is 0 Å². The molecular weight excluding hydrogens is 288 g/mol. The van der Waals surface area contributed by atoms with Crippen molar-refractivity contribution >= 4 is 15.9 Å². The molecule has 3 atom stereocenters. The van der Waals surface area contributed by atoms with Gasteiger partial charge in [0, 0.05) is 10.7 Å². The first-order chi connectivity index (χ1) is 8.70. The number of halogens is 1. The van der Waals surface area contributed by atoms with E-state index in [2.05, 4.69) is 54.0 Å². The normalized spacial score (nSPS) is 25.3. The van der Waals surface area contributed by atoms with E-state index < -0.39 is 0 Å². The number of hydrogen-bond acceptors (Lipinski definition) is 1. The number of aryl methyl sites for hydroxylation is 1.